The number of ether oxygens (including phenoxy) is 3. The Balaban J connectivity index is 2.44. The van der Waals surface area contributed by atoms with Gasteiger partial charge < -0.3 is 25.3 Å². The van der Waals surface area contributed by atoms with E-state index in [1.54, 1.807) is 14.2 Å². The number of nitrogens with two attached hydrogens (primary N) is 1. The Kier molecular flexibility index (Phi) is 8.90. The molecule has 0 fully saturated rings. The van der Waals surface area contributed by atoms with Gasteiger partial charge in [-0.05, 0) is 44.4 Å². The van der Waals surface area contributed by atoms with Crippen LogP contribution in [-0.4, -0.2) is 46.0 Å². The quantitative estimate of drug-likeness (QED) is 0.391. The van der Waals surface area contributed by atoms with Crippen molar-refractivity contribution in [1.82, 2.24) is 5.32 Å². The van der Waals surface area contributed by atoms with Crippen molar-refractivity contribution in [3.05, 3.63) is 23.8 Å². The minimum atomic E-state index is 0.152. The Bertz CT molecular complexity index is 492. The first kappa shape index (κ1) is 19.1. The predicted molar refractivity (Wildman–Crippen MR) is 93.4 cm³/mol. The zero-order valence-corrected chi connectivity index (χ0v) is 14.6. The second-order valence-electron chi connectivity index (χ2n) is 5.29. The highest BCUT2D eigenvalue weighted by molar-refractivity contribution is 5.78. The van der Waals surface area contributed by atoms with E-state index in [1.807, 2.05) is 32.0 Å². The van der Waals surface area contributed by atoms with E-state index in [0.29, 0.717) is 25.7 Å². The van der Waals surface area contributed by atoms with Crippen LogP contribution >= 0.6 is 0 Å². The largest absolute Gasteiger partial charge is 0.493 e. The number of hydrogen-bond donors (Lipinski definition) is 2. The summed E-state index contributed by atoms with van der Waals surface area (Å²) in [5.41, 5.74) is 7.03. The lowest BCUT2D eigenvalue weighted by atomic mass is 10.1. The molecule has 0 heterocycles. The van der Waals surface area contributed by atoms with Crippen molar-refractivity contribution in [1.29, 1.82) is 0 Å². The molecule has 0 aliphatic carbocycles. The van der Waals surface area contributed by atoms with Crippen LogP contribution in [0.2, 0.25) is 0 Å². The predicted octanol–water partition coefficient (Wildman–Crippen LogP) is 1.97. The Morgan fingerprint density at radius 2 is 2.09 bits per heavy atom. The summed E-state index contributed by atoms with van der Waals surface area (Å²) in [5.74, 6) is 2.00. The van der Waals surface area contributed by atoms with Crippen LogP contribution in [0.3, 0.4) is 0 Å². The molecule has 0 saturated carbocycles. The molecule has 3 N–H and O–H groups in total. The Morgan fingerprint density at radius 1 is 1.30 bits per heavy atom. The van der Waals surface area contributed by atoms with Gasteiger partial charge >= 0.3 is 0 Å². The maximum absolute atomic E-state index is 5.83. The summed E-state index contributed by atoms with van der Waals surface area (Å²) >= 11 is 0. The van der Waals surface area contributed by atoms with Gasteiger partial charge in [-0.25, -0.2) is 0 Å². The van der Waals surface area contributed by atoms with Gasteiger partial charge in [0.2, 0.25) is 0 Å². The minimum Gasteiger partial charge on any atom is -0.493 e. The normalized spacial score (nSPS) is 12.8. The van der Waals surface area contributed by atoms with Gasteiger partial charge in [0.05, 0.1) is 20.3 Å². The van der Waals surface area contributed by atoms with E-state index >= 15 is 0 Å². The molecule has 1 atom stereocenters. The number of aryl methyl sites for hydroxylation is 1. The third-order valence-corrected chi connectivity index (χ3v) is 3.24. The summed E-state index contributed by atoms with van der Waals surface area (Å²) in [6.07, 6.45) is 1.83. The van der Waals surface area contributed by atoms with Crippen LogP contribution in [0.15, 0.2) is 23.2 Å². The van der Waals surface area contributed by atoms with E-state index in [9.17, 15) is 0 Å². The molecule has 0 amide bonds. The Morgan fingerprint density at radius 3 is 2.74 bits per heavy atom. The zero-order chi connectivity index (χ0) is 17.1. The van der Waals surface area contributed by atoms with Gasteiger partial charge in [0.15, 0.2) is 17.5 Å². The standard InChI is InChI=1S/C17H29N3O3/c1-5-23-16-11-14(8-9-15(16)22-4)7-6-10-19-17(18)20-13(2)12-21-3/h8-9,11,13H,5-7,10,12H2,1-4H3,(H3,18,19,20). The van der Waals surface area contributed by atoms with E-state index in [4.69, 9.17) is 19.9 Å². The zero-order valence-electron chi connectivity index (χ0n) is 14.6. The molecule has 23 heavy (non-hydrogen) atoms. The fraction of sp³-hybridized carbons (Fsp3) is 0.588. The van der Waals surface area contributed by atoms with Crippen LogP contribution < -0.4 is 20.5 Å². The average molecular weight is 323 g/mol. The van der Waals surface area contributed by atoms with Gasteiger partial charge in [-0.15, -0.1) is 0 Å². The van der Waals surface area contributed by atoms with Crippen molar-refractivity contribution in [2.24, 2.45) is 10.7 Å². The fourth-order valence-electron chi connectivity index (χ4n) is 2.22. The summed E-state index contributed by atoms with van der Waals surface area (Å²) in [5, 5.41) is 3.09. The van der Waals surface area contributed by atoms with Gasteiger partial charge in [0.25, 0.3) is 0 Å². The van der Waals surface area contributed by atoms with Crippen LogP contribution in [-0.2, 0) is 11.2 Å². The van der Waals surface area contributed by atoms with Gasteiger partial charge in [-0.1, -0.05) is 6.07 Å². The van der Waals surface area contributed by atoms with Crippen molar-refractivity contribution in [2.75, 3.05) is 34.0 Å². The average Bonchev–Trinajstić information content (AvgIpc) is 2.52. The lowest BCUT2D eigenvalue weighted by molar-refractivity contribution is 0.179. The monoisotopic (exact) mass is 323 g/mol. The number of nitrogens with zero attached hydrogens (tertiary/aromatic N) is 1. The van der Waals surface area contributed by atoms with Crippen LogP contribution in [0.1, 0.15) is 25.8 Å². The van der Waals surface area contributed by atoms with Crippen LogP contribution in [0.25, 0.3) is 0 Å². The summed E-state index contributed by atoms with van der Waals surface area (Å²) in [6.45, 7) is 5.85. The smallest absolute Gasteiger partial charge is 0.188 e. The highest BCUT2D eigenvalue weighted by atomic mass is 16.5. The molecule has 1 aromatic rings. The van der Waals surface area contributed by atoms with Gasteiger partial charge in [-0.2, -0.15) is 0 Å². The SMILES string of the molecule is CCOc1cc(CCCN=C(N)NC(C)COC)ccc1OC. The van der Waals surface area contributed by atoms with Crippen molar-refractivity contribution < 1.29 is 14.2 Å². The maximum Gasteiger partial charge on any atom is 0.188 e. The molecule has 0 radical (unpaired) electrons. The molecule has 6 heteroatoms. The first-order valence-corrected chi connectivity index (χ1v) is 7.95. The number of guanidine groups is 1. The number of aliphatic imine (C=N–C) groups is 1. The molecule has 0 spiro atoms. The lowest BCUT2D eigenvalue weighted by Crippen LogP contribution is -2.40. The number of hydrogen-bond acceptors (Lipinski definition) is 4. The maximum atomic E-state index is 5.83. The second-order valence-corrected chi connectivity index (χ2v) is 5.29. The van der Waals surface area contributed by atoms with Crippen molar-refractivity contribution >= 4 is 5.96 Å². The Labute approximate surface area is 139 Å². The first-order chi connectivity index (χ1) is 11.1. The highest BCUT2D eigenvalue weighted by Gasteiger charge is 2.05. The lowest BCUT2D eigenvalue weighted by Gasteiger charge is -2.13. The topological polar surface area (TPSA) is 78.1 Å². The van der Waals surface area contributed by atoms with Crippen LogP contribution in [0, 0.1) is 0 Å². The summed E-state index contributed by atoms with van der Waals surface area (Å²) in [4.78, 5) is 4.33. The highest BCUT2D eigenvalue weighted by Crippen LogP contribution is 2.28. The van der Waals surface area contributed by atoms with Crippen LogP contribution in [0.5, 0.6) is 11.5 Å². The third kappa shape index (κ3) is 7.23. The molecule has 6 nitrogen and oxygen atoms in total. The fourth-order valence-corrected chi connectivity index (χ4v) is 2.22. The summed E-state index contributed by atoms with van der Waals surface area (Å²) in [7, 11) is 3.31. The van der Waals surface area contributed by atoms with Crippen molar-refractivity contribution in [3.63, 3.8) is 0 Å². The number of benzene rings is 1. The molecule has 0 bridgehead atoms. The summed E-state index contributed by atoms with van der Waals surface area (Å²) in [6, 6.07) is 6.16. The Hall–Kier alpha value is -1.95. The van der Waals surface area contributed by atoms with E-state index in [0.717, 1.165) is 24.3 Å². The minimum absolute atomic E-state index is 0.152. The number of methoxy groups -OCH3 is 2. The van der Waals surface area contributed by atoms with Crippen LogP contribution in [0.4, 0.5) is 0 Å². The molecule has 1 rings (SSSR count). The first-order valence-electron chi connectivity index (χ1n) is 7.95. The van der Waals surface area contributed by atoms with E-state index in [1.165, 1.54) is 5.56 Å². The molecule has 0 aliphatic rings. The third-order valence-electron chi connectivity index (χ3n) is 3.24. The molecule has 0 aliphatic heterocycles. The molecule has 0 saturated heterocycles. The second kappa shape index (κ2) is 10.7. The molecular formula is C17H29N3O3. The number of rotatable bonds is 10. The molecule has 130 valence electrons. The number of nitrogens with one attached hydrogen (secondary N) is 1. The molecule has 1 aromatic carbocycles. The van der Waals surface area contributed by atoms with Gasteiger partial charge in [0, 0.05) is 19.7 Å². The van der Waals surface area contributed by atoms with E-state index in [2.05, 4.69) is 10.3 Å². The molecular weight excluding hydrogens is 294 g/mol. The molecule has 1 unspecified atom stereocenters. The summed E-state index contributed by atoms with van der Waals surface area (Å²) < 4.78 is 15.9. The van der Waals surface area contributed by atoms with E-state index < -0.39 is 0 Å². The van der Waals surface area contributed by atoms with Gasteiger partial charge in [-0.3, -0.25) is 4.99 Å². The van der Waals surface area contributed by atoms with E-state index in [-0.39, 0.29) is 6.04 Å². The molecule has 0 aromatic heterocycles. The van der Waals surface area contributed by atoms with Crippen molar-refractivity contribution in [3.8, 4) is 11.5 Å². The van der Waals surface area contributed by atoms with Gasteiger partial charge in [0.1, 0.15) is 0 Å². The van der Waals surface area contributed by atoms with Crippen molar-refractivity contribution in [2.45, 2.75) is 32.7 Å².